The van der Waals surface area contributed by atoms with Gasteiger partial charge in [0.05, 0.1) is 20.8 Å². The van der Waals surface area contributed by atoms with E-state index >= 15 is 0 Å². The number of rotatable bonds is 6. The summed E-state index contributed by atoms with van der Waals surface area (Å²) in [6, 6.07) is 3.54. The highest BCUT2D eigenvalue weighted by Crippen LogP contribution is 2.32. The number of aliphatic hydroxyl groups excluding tert-OH is 1. The molecule has 0 heterocycles. The van der Waals surface area contributed by atoms with Gasteiger partial charge in [-0.3, -0.25) is 0 Å². The Labute approximate surface area is 100 Å². The van der Waals surface area contributed by atoms with Crippen LogP contribution in [0.25, 0.3) is 0 Å². The SMILES string of the molecule is COc1cc(Cl)c(CNCCO)cc1OC. The average molecular weight is 246 g/mol. The fourth-order valence-electron chi connectivity index (χ4n) is 1.33. The molecule has 0 atom stereocenters. The van der Waals surface area contributed by atoms with Crippen LogP contribution in [0.5, 0.6) is 11.5 Å². The lowest BCUT2D eigenvalue weighted by atomic mass is 10.2. The van der Waals surface area contributed by atoms with E-state index < -0.39 is 0 Å². The molecule has 5 heteroatoms. The Bertz CT molecular complexity index is 344. The molecule has 1 rings (SSSR count). The van der Waals surface area contributed by atoms with Gasteiger partial charge in [-0.25, -0.2) is 0 Å². The van der Waals surface area contributed by atoms with Gasteiger partial charge in [-0.15, -0.1) is 0 Å². The van der Waals surface area contributed by atoms with Crippen LogP contribution in [-0.2, 0) is 6.54 Å². The van der Waals surface area contributed by atoms with Gasteiger partial charge in [0.15, 0.2) is 11.5 Å². The van der Waals surface area contributed by atoms with Crippen LogP contribution in [0.1, 0.15) is 5.56 Å². The molecule has 0 saturated carbocycles. The van der Waals surface area contributed by atoms with E-state index in [1.807, 2.05) is 6.07 Å². The van der Waals surface area contributed by atoms with Crippen molar-refractivity contribution in [3.05, 3.63) is 22.7 Å². The third kappa shape index (κ3) is 3.27. The summed E-state index contributed by atoms with van der Waals surface area (Å²) >= 11 is 6.08. The highest BCUT2D eigenvalue weighted by Gasteiger charge is 2.09. The van der Waals surface area contributed by atoms with Gasteiger partial charge in [0, 0.05) is 24.2 Å². The van der Waals surface area contributed by atoms with Crippen molar-refractivity contribution in [3.8, 4) is 11.5 Å². The minimum absolute atomic E-state index is 0.102. The second-order valence-electron chi connectivity index (χ2n) is 3.20. The van der Waals surface area contributed by atoms with Crippen LogP contribution in [0.15, 0.2) is 12.1 Å². The maximum absolute atomic E-state index is 8.66. The van der Waals surface area contributed by atoms with Crippen LogP contribution in [0, 0.1) is 0 Å². The monoisotopic (exact) mass is 245 g/mol. The first-order valence-electron chi connectivity index (χ1n) is 4.95. The number of nitrogens with one attached hydrogen (secondary N) is 1. The van der Waals surface area contributed by atoms with Crippen LogP contribution in [0.3, 0.4) is 0 Å². The molecule has 0 bridgehead atoms. The lowest BCUT2D eigenvalue weighted by Crippen LogP contribution is -2.17. The van der Waals surface area contributed by atoms with Crippen LogP contribution in [-0.4, -0.2) is 32.5 Å². The molecular weight excluding hydrogens is 230 g/mol. The van der Waals surface area contributed by atoms with Gasteiger partial charge >= 0.3 is 0 Å². The topological polar surface area (TPSA) is 50.7 Å². The van der Waals surface area contributed by atoms with E-state index in [1.165, 1.54) is 0 Å². The number of ether oxygens (including phenoxy) is 2. The van der Waals surface area contributed by atoms with E-state index in [2.05, 4.69) is 5.32 Å². The van der Waals surface area contributed by atoms with Crippen molar-refractivity contribution in [2.24, 2.45) is 0 Å². The van der Waals surface area contributed by atoms with Gasteiger partial charge in [-0.1, -0.05) is 11.6 Å². The molecule has 0 radical (unpaired) electrons. The summed E-state index contributed by atoms with van der Waals surface area (Å²) in [5, 5.41) is 12.3. The number of hydrogen-bond acceptors (Lipinski definition) is 4. The first-order valence-corrected chi connectivity index (χ1v) is 5.32. The number of hydrogen-bond donors (Lipinski definition) is 2. The maximum Gasteiger partial charge on any atom is 0.162 e. The molecule has 0 aromatic heterocycles. The van der Waals surface area contributed by atoms with E-state index in [1.54, 1.807) is 20.3 Å². The second-order valence-corrected chi connectivity index (χ2v) is 3.61. The summed E-state index contributed by atoms with van der Waals surface area (Å²) in [6.07, 6.45) is 0. The first-order chi connectivity index (χ1) is 7.72. The average Bonchev–Trinajstić information content (AvgIpc) is 2.31. The summed E-state index contributed by atoms with van der Waals surface area (Å²) in [6.45, 7) is 1.22. The lowest BCUT2D eigenvalue weighted by molar-refractivity contribution is 0.292. The van der Waals surface area contributed by atoms with Crippen molar-refractivity contribution < 1.29 is 14.6 Å². The number of aliphatic hydroxyl groups is 1. The molecule has 0 aliphatic carbocycles. The second kappa shape index (κ2) is 6.58. The number of benzene rings is 1. The molecule has 0 spiro atoms. The van der Waals surface area contributed by atoms with Crippen LogP contribution in [0.2, 0.25) is 5.02 Å². The van der Waals surface area contributed by atoms with E-state index in [9.17, 15) is 0 Å². The van der Waals surface area contributed by atoms with E-state index in [-0.39, 0.29) is 6.61 Å². The van der Waals surface area contributed by atoms with Crippen molar-refractivity contribution in [1.29, 1.82) is 0 Å². The van der Waals surface area contributed by atoms with Crippen molar-refractivity contribution >= 4 is 11.6 Å². The molecule has 90 valence electrons. The van der Waals surface area contributed by atoms with E-state index in [4.69, 9.17) is 26.2 Å². The molecule has 0 saturated heterocycles. The highest BCUT2D eigenvalue weighted by atomic mass is 35.5. The first kappa shape index (κ1) is 13.1. The third-order valence-corrected chi connectivity index (χ3v) is 2.51. The van der Waals surface area contributed by atoms with Gasteiger partial charge in [-0.05, 0) is 11.6 Å². The van der Waals surface area contributed by atoms with Gasteiger partial charge in [-0.2, -0.15) is 0 Å². The molecule has 0 aliphatic rings. The molecule has 0 amide bonds. The van der Waals surface area contributed by atoms with Crippen molar-refractivity contribution in [3.63, 3.8) is 0 Å². The Morgan fingerprint density at radius 2 is 1.88 bits per heavy atom. The maximum atomic E-state index is 8.66. The van der Waals surface area contributed by atoms with Gasteiger partial charge in [0.2, 0.25) is 0 Å². The Morgan fingerprint density at radius 1 is 1.25 bits per heavy atom. The molecule has 0 fully saturated rings. The van der Waals surface area contributed by atoms with Crippen molar-refractivity contribution in [1.82, 2.24) is 5.32 Å². The van der Waals surface area contributed by atoms with Crippen LogP contribution < -0.4 is 14.8 Å². The molecule has 2 N–H and O–H groups in total. The summed E-state index contributed by atoms with van der Waals surface area (Å²) in [5.41, 5.74) is 0.910. The Morgan fingerprint density at radius 3 is 2.44 bits per heavy atom. The molecular formula is C11H16ClNO3. The van der Waals surface area contributed by atoms with Gasteiger partial charge in [0.1, 0.15) is 0 Å². The lowest BCUT2D eigenvalue weighted by Gasteiger charge is -2.12. The largest absolute Gasteiger partial charge is 0.493 e. The standard InChI is InChI=1S/C11H16ClNO3/c1-15-10-5-8(7-13-3-4-14)9(12)6-11(10)16-2/h5-6,13-14H,3-4,7H2,1-2H3. The van der Waals surface area contributed by atoms with E-state index in [0.29, 0.717) is 29.6 Å². The summed E-state index contributed by atoms with van der Waals surface area (Å²) in [7, 11) is 3.15. The molecule has 0 unspecified atom stereocenters. The summed E-state index contributed by atoms with van der Waals surface area (Å²) < 4.78 is 10.3. The quantitative estimate of drug-likeness (QED) is 0.745. The predicted octanol–water partition coefficient (Wildman–Crippen LogP) is 1.44. The molecule has 4 nitrogen and oxygen atoms in total. The fraction of sp³-hybridized carbons (Fsp3) is 0.455. The van der Waals surface area contributed by atoms with Crippen LogP contribution >= 0.6 is 11.6 Å². The fourth-order valence-corrected chi connectivity index (χ4v) is 1.55. The van der Waals surface area contributed by atoms with Crippen molar-refractivity contribution in [2.45, 2.75) is 6.54 Å². The van der Waals surface area contributed by atoms with Crippen molar-refractivity contribution in [2.75, 3.05) is 27.4 Å². The van der Waals surface area contributed by atoms with Gasteiger partial charge < -0.3 is 19.9 Å². The number of methoxy groups -OCH3 is 2. The number of halogens is 1. The molecule has 1 aromatic rings. The molecule has 1 aromatic carbocycles. The predicted molar refractivity (Wildman–Crippen MR) is 63.3 cm³/mol. The highest BCUT2D eigenvalue weighted by molar-refractivity contribution is 6.31. The minimum atomic E-state index is 0.102. The summed E-state index contributed by atoms with van der Waals surface area (Å²) in [4.78, 5) is 0. The normalized spacial score (nSPS) is 10.2. The third-order valence-electron chi connectivity index (χ3n) is 2.16. The Kier molecular flexibility index (Phi) is 5.38. The zero-order chi connectivity index (χ0) is 12.0. The van der Waals surface area contributed by atoms with Crippen LogP contribution in [0.4, 0.5) is 0 Å². The molecule has 16 heavy (non-hydrogen) atoms. The Hall–Kier alpha value is -0.970. The zero-order valence-corrected chi connectivity index (χ0v) is 10.2. The zero-order valence-electron chi connectivity index (χ0n) is 9.42. The summed E-state index contributed by atoms with van der Waals surface area (Å²) in [5.74, 6) is 1.26. The smallest absolute Gasteiger partial charge is 0.162 e. The minimum Gasteiger partial charge on any atom is -0.493 e. The Balaban J connectivity index is 2.84. The van der Waals surface area contributed by atoms with E-state index in [0.717, 1.165) is 5.56 Å². The van der Waals surface area contributed by atoms with Gasteiger partial charge in [0.25, 0.3) is 0 Å². The molecule has 0 aliphatic heterocycles.